The van der Waals surface area contributed by atoms with Crippen molar-refractivity contribution in [2.45, 2.75) is 19.3 Å². The first-order chi connectivity index (χ1) is 10.1. The summed E-state index contributed by atoms with van der Waals surface area (Å²) >= 11 is 0. The number of anilines is 2. The lowest BCUT2D eigenvalue weighted by Gasteiger charge is -2.11. The molecule has 0 spiro atoms. The second-order valence-corrected chi connectivity index (χ2v) is 4.83. The van der Waals surface area contributed by atoms with Crippen LogP contribution in [-0.2, 0) is 12.8 Å². The molecule has 0 saturated carbocycles. The van der Waals surface area contributed by atoms with Crippen molar-refractivity contribution >= 4 is 11.5 Å². The van der Waals surface area contributed by atoms with Gasteiger partial charge in [-0.25, -0.2) is 18.2 Å². The van der Waals surface area contributed by atoms with Crippen LogP contribution in [0.2, 0.25) is 0 Å². The third-order valence-electron chi connectivity index (χ3n) is 3.43. The smallest absolute Gasteiger partial charge is 0.161 e. The first kappa shape index (κ1) is 13.4. The summed E-state index contributed by atoms with van der Waals surface area (Å²) in [6.45, 7) is 0. The highest BCUT2D eigenvalue weighted by Crippen LogP contribution is 2.28. The molecule has 0 unspecified atom stereocenters. The van der Waals surface area contributed by atoms with Crippen molar-refractivity contribution in [2.75, 3.05) is 5.32 Å². The minimum absolute atomic E-state index is 0.156. The number of hydrogen-bond acceptors (Lipinski definition) is 3. The van der Waals surface area contributed by atoms with E-state index in [0.717, 1.165) is 30.5 Å². The third kappa shape index (κ3) is 2.42. The van der Waals surface area contributed by atoms with E-state index >= 15 is 0 Å². The van der Waals surface area contributed by atoms with E-state index in [1.807, 2.05) is 6.07 Å². The molecule has 1 aromatic heterocycles. The number of nitriles is 1. The normalized spacial score (nSPS) is 12.9. The van der Waals surface area contributed by atoms with Crippen molar-refractivity contribution in [1.82, 2.24) is 4.98 Å². The van der Waals surface area contributed by atoms with Crippen LogP contribution in [0.4, 0.5) is 24.7 Å². The van der Waals surface area contributed by atoms with Gasteiger partial charge in [0.15, 0.2) is 11.6 Å². The number of halogens is 3. The van der Waals surface area contributed by atoms with Crippen LogP contribution in [0.1, 0.15) is 23.2 Å². The molecule has 1 aliphatic rings. The molecule has 0 atom stereocenters. The molecule has 3 nitrogen and oxygen atoms in total. The van der Waals surface area contributed by atoms with E-state index in [1.165, 1.54) is 0 Å². The summed E-state index contributed by atoms with van der Waals surface area (Å²) in [5.41, 5.74) is 1.85. The van der Waals surface area contributed by atoms with Gasteiger partial charge in [0.2, 0.25) is 0 Å². The number of nitrogens with zero attached hydrogens (tertiary/aromatic N) is 2. The maximum absolute atomic E-state index is 13.6. The number of fused-ring (bicyclic) bond motifs is 1. The number of pyridine rings is 1. The highest BCUT2D eigenvalue weighted by atomic mass is 19.2. The standard InChI is InChI=1S/C15H10F3N3/c16-10-5-12(18)14(6-11(10)17)21-15-9(7-19)4-8-2-1-3-13(8)20-15/h4-6H,1-3H2,(H,20,21). The summed E-state index contributed by atoms with van der Waals surface area (Å²) in [5.74, 6) is -3.22. The first-order valence-corrected chi connectivity index (χ1v) is 6.43. The monoisotopic (exact) mass is 289 g/mol. The van der Waals surface area contributed by atoms with Crippen LogP contribution < -0.4 is 5.32 Å². The summed E-state index contributed by atoms with van der Waals surface area (Å²) in [6, 6.07) is 4.84. The minimum atomic E-state index is -1.26. The lowest BCUT2D eigenvalue weighted by Crippen LogP contribution is -2.03. The lowest BCUT2D eigenvalue weighted by molar-refractivity contribution is 0.496. The maximum Gasteiger partial charge on any atom is 0.161 e. The molecular weight excluding hydrogens is 279 g/mol. The number of nitrogens with one attached hydrogen (secondary N) is 1. The van der Waals surface area contributed by atoms with E-state index in [-0.39, 0.29) is 17.1 Å². The topological polar surface area (TPSA) is 48.7 Å². The largest absolute Gasteiger partial charge is 0.337 e. The molecule has 3 rings (SSSR count). The van der Waals surface area contributed by atoms with E-state index in [9.17, 15) is 13.2 Å². The third-order valence-corrected chi connectivity index (χ3v) is 3.43. The highest BCUT2D eigenvalue weighted by molar-refractivity contribution is 5.64. The van der Waals surface area contributed by atoms with Crippen LogP contribution in [-0.4, -0.2) is 4.98 Å². The number of benzene rings is 1. The first-order valence-electron chi connectivity index (χ1n) is 6.43. The van der Waals surface area contributed by atoms with E-state index < -0.39 is 17.5 Å². The molecule has 1 heterocycles. The molecule has 0 fully saturated rings. The van der Waals surface area contributed by atoms with E-state index in [4.69, 9.17) is 5.26 Å². The SMILES string of the molecule is N#Cc1cc2c(nc1Nc1cc(F)c(F)cc1F)CCC2. The fourth-order valence-electron chi connectivity index (χ4n) is 2.40. The Morgan fingerprint density at radius 3 is 2.57 bits per heavy atom. The summed E-state index contributed by atoms with van der Waals surface area (Å²) in [4.78, 5) is 4.30. The average Bonchev–Trinajstić information content (AvgIpc) is 2.91. The van der Waals surface area contributed by atoms with E-state index in [2.05, 4.69) is 10.3 Å². The van der Waals surface area contributed by atoms with Gasteiger partial charge in [0, 0.05) is 17.8 Å². The van der Waals surface area contributed by atoms with Gasteiger partial charge in [-0.1, -0.05) is 0 Å². The van der Waals surface area contributed by atoms with Gasteiger partial charge in [-0.15, -0.1) is 0 Å². The van der Waals surface area contributed by atoms with Crippen LogP contribution in [0, 0.1) is 28.8 Å². The quantitative estimate of drug-likeness (QED) is 0.859. The molecule has 2 aromatic rings. The Labute approximate surface area is 119 Å². The predicted octanol–water partition coefficient (Wildman–Crippen LogP) is 3.60. The molecule has 0 saturated heterocycles. The van der Waals surface area contributed by atoms with Crippen LogP contribution in [0.3, 0.4) is 0 Å². The van der Waals surface area contributed by atoms with Gasteiger partial charge < -0.3 is 5.32 Å². The van der Waals surface area contributed by atoms with Gasteiger partial charge in [-0.3, -0.25) is 0 Å². The van der Waals surface area contributed by atoms with Gasteiger partial charge in [-0.05, 0) is 30.9 Å². The Morgan fingerprint density at radius 2 is 1.81 bits per heavy atom. The van der Waals surface area contributed by atoms with Crippen molar-refractivity contribution in [3.8, 4) is 6.07 Å². The molecule has 0 bridgehead atoms. The molecule has 6 heteroatoms. The highest BCUT2D eigenvalue weighted by Gasteiger charge is 2.18. The summed E-state index contributed by atoms with van der Waals surface area (Å²) < 4.78 is 39.8. The molecule has 21 heavy (non-hydrogen) atoms. The predicted molar refractivity (Wildman–Crippen MR) is 70.6 cm³/mol. The molecule has 1 N–H and O–H groups in total. The lowest BCUT2D eigenvalue weighted by atomic mass is 10.1. The average molecular weight is 289 g/mol. The van der Waals surface area contributed by atoms with Crippen LogP contribution in [0.25, 0.3) is 0 Å². The van der Waals surface area contributed by atoms with E-state index in [1.54, 1.807) is 6.07 Å². The molecule has 0 amide bonds. The van der Waals surface area contributed by atoms with Gasteiger partial charge in [0.25, 0.3) is 0 Å². The van der Waals surface area contributed by atoms with Crippen molar-refractivity contribution in [3.63, 3.8) is 0 Å². The Balaban J connectivity index is 2.02. The number of hydrogen-bond donors (Lipinski definition) is 1. The second-order valence-electron chi connectivity index (χ2n) is 4.83. The van der Waals surface area contributed by atoms with Gasteiger partial charge in [0.1, 0.15) is 17.7 Å². The second kappa shape index (κ2) is 5.09. The summed E-state index contributed by atoms with van der Waals surface area (Å²) in [7, 11) is 0. The zero-order valence-corrected chi connectivity index (χ0v) is 10.9. The fourth-order valence-corrected chi connectivity index (χ4v) is 2.40. The Kier molecular flexibility index (Phi) is 3.26. The fraction of sp³-hybridized carbons (Fsp3) is 0.200. The molecule has 0 aliphatic heterocycles. The number of aromatic nitrogens is 1. The van der Waals surface area contributed by atoms with Gasteiger partial charge in [0.05, 0.1) is 11.3 Å². The maximum atomic E-state index is 13.6. The molecule has 1 aliphatic carbocycles. The zero-order chi connectivity index (χ0) is 15.0. The van der Waals surface area contributed by atoms with Crippen LogP contribution in [0.5, 0.6) is 0 Å². The summed E-state index contributed by atoms with van der Waals surface area (Å²) in [5, 5.41) is 11.7. The summed E-state index contributed by atoms with van der Waals surface area (Å²) in [6.07, 6.45) is 2.60. The molecular formula is C15H10F3N3. The van der Waals surface area contributed by atoms with Crippen molar-refractivity contribution in [2.24, 2.45) is 0 Å². The number of rotatable bonds is 2. The van der Waals surface area contributed by atoms with Crippen molar-refractivity contribution in [3.05, 3.63) is 52.5 Å². The molecule has 0 radical (unpaired) electrons. The Hall–Kier alpha value is -2.55. The van der Waals surface area contributed by atoms with Crippen LogP contribution in [0.15, 0.2) is 18.2 Å². The van der Waals surface area contributed by atoms with Gasteiger partial charge >= 0.3 is 0 Å². The Morgan fingerprint density at radius 1 is 1.05 bits per heavy atom. The molecule has 1 aromatic carbocycles. The zero-order valence-electron chi connectivity index (χ0n) is 10.9. The van der Waals surface area contributed by atoms with Gasteiger partial charge in [-0.2, -0.15) is 5.26 Å². The van der Waals surface area contributed by atoms with Crippen LogP contribution >= 0.6 is 0 Å². The van der Waals surface area contributed by atoms with Crippen molar-refractivity contribution < 1.29 is 13.2 Å². The minimum Gasteiger partial charge on any atom is -0.337 e. The Bertz CT molecular complexity index is 766. The number of aryl methyl sites for hydroxylation is 2. The molecule has 106 valence electrons. The van der Waals surface area contributed by atoms with Crippen molar-refractivity contribution in [1.29, 1.82) is 5.26 Å². The van der Waals surface area contributed by atoms with E-state index in [0.29, 0.717) is 12.1 Å².